The molecule has 102 valence electrons. The van der Waals surface area contributed by atoms with E-state index in [2.05, 4.69) is 15.6 Å². The number of urea groups is 1. The van der Waals surface area contributed by atoms with Gasteiger partial charge < -0.3 is 15.7 Å². The van der Waals surface area contributed by atoms with Crippen molar-refractivity contribution in [1.82, 2.24) is 10.3 Å². The smallest absolute Gasteiger partial charge is 0.319 e. The predicted molar refractivity (Wildman–Crippen MR) is 69.9 cm³/mol. The molecule has 2 rings (SSSR count). The number of nitrogens with one attached hydrogen (secondary N) is 2. The van der Waals surface area contributed by atoms with Crippen molar-refractivity contribution in [3.05, 3.63) is 24.0 Å². The molecular formula is C13H17N3O3. The number of aryl methyl sites for hydroxylation is 1. The van der Waals surface area contributed by atoms with Gasteiger partial charge in [0, 0.05) is 12.2 Å². The van der Waals surface area contributed by atoms with E-state index in [1.165, 1.54) is 0 Å². The lowest BCUT2D eigenvalue weighted by Crippen LogP contribution is -2.42. The number of nitrogens with zero attached hydrogens (tertiary/aromatic N) is 1. The first-order valence-electron chi connectivity index (χ1n) is 6.30. The molecule has 1 heterocycles. The first-order chi connectivity index (χ1) is 9.08. The summed E-state index contributed by atoms with van der Waals surface area (Å²) < 4.78 is 0. The second-order valence-electron chi connectivity index (χ2n) is 4.72. The van der Waals surface area contributed by atoms with Gasteiger partial charge in [0.25, 0.3) is 0 Å². The fourth-order valence-electron chi connectivity index (χ4n) is 2.37. The van der Waals surface area contributed by atoms with E-state index < -0.39 is 11.9 Å². The highest BCUT2D eigenvalue weighted by molar-refractivity contribution is 5.90. The summed E-state index contributed by atoms with van der Waals surface area (Å²) >= 11 is 0. The molecule has 2 unspecified atom stereocenters. The van der Waals surface area contributed by atoms with Crippen LogP contribution < -0.4 is 10.6 Å². The maximum Gasteiger partial charge on any atom is 0.319 e. The first-order valence-corrected chi connectivity index (χ1v) is 6.30. The largest absolute Gasteiger partial charge is 0.481 e. The zero-order chi connectivity index (χ0) is 13.8. The van der Waals surface area contributed by atoms with Gasteiger partial charge in [-0.2, -0.15) is 0 Å². The summed E-state index contributed by atoms with van der Waals surface area (Å²) in [5.41, 5.74) is 1.35. The lowest BCUT2D eigenvalue weighted by atomic mass is 10.0. The number of rotatable bonds is 3. The van der Waals surface area contributed by atoms with Crippen LogP contribution in [0.1, 0.15) is 25.0 Å². The molecule has 2 atom stereocenters. The van der Waals surface area contributed by atoms with E-state index in [1.807, 2.05) is 0 Å². The van der Waals surface area contributed by atoms with E-state index in [1.54, 1.807) is 25.3 Å². The summed E-state index contributed by atoms with van der Waals surface area (Å²) in [5, 5.41) is 14.5. The predicted octanol–water partition coefficient (Wildman–Crippen LogP) is 1.76. The monoisotopic (exact) mass is 263 g/mol. The molecule has 0 aliphatic heterocycles. The maximum absolute atomic E-state index is 11.8. The fourth-order valence-corrected chi connectivity index (χ4v) is 2.37. The van der Waals surface area contributed by atoms with Gasteiger partial charge in [0.1, 0.15) is 0 Å². The van der Waals surface area contributed by atoms with Crippen LogP contribution in [-0.4, -0.2) is 28.1 Å². The van der Waals surface area contributed by atoms with Gasteiger partial charge in [0.05, 0.1) is 17.3 Å². The van der Waals surface area contributed by atoms with E-state index in [0.29, 0.717) is 18.5 Å². The van der Waals surface area contributed by atoms with Gasteiger partial charge in [-0.25, -0.2) is 4.79 Å². The van der Waals surface area contributed by atoms with Gasteiger partial charge in [0.15, 0.2) is 0 Å². The summed E-state index contributed by atoms with van der Waals surface area (Å²) in [5.74, 6) is -1.33. The zero-order valence-electron chi connectivity index (χ0n) is 10.7. The Morgan fingerprint density at radius 1 is 1.42 bits per heavy atom. The third-order valence-electron chi connectivity index (χ3n) is 3.40. The number of hydrogen-bond donors (Lipinski definition) is 3. The van der Waals surface area contributed by atoms with Crippen molar-refractivity contribution in [1.29, 1.82) is 0 Å². The van der Waals surface area contributed by atoms with Crippen LogP contribution in [0.4, 0.5) is 10.5 Å². The van der Waals surface area contributed by atoms with E-state index in [0.717, 1.165) is 12.1 Å². The minimum absolute atomic E-state index is 0.297. The number of hydrogen-bond acceptors (Lipinski definition) is 3. The van der Waals surface area contributed by atoms with Crippen LogP contribution in [0.2, 0.25) is 0 Å². The van der Waals surface area contributed by atoms with Crippen LogP contribution in [-0.2, 0) is 4.79 Å². The Hall–Kier alpha value is -2.11. The van der Waals surface area contributed by atoms with Gasteiger partial charge in [-0.15, -0.1) is 0 Å². The molecule has 6 heteroatoms. The summed E-state index contributed by atoms with van der Waals surface area (Å²) in [6, 6.07) is 2.81. The lowest BCUT2D eigenvalue weighted by molar-refractivity contribution is -0.142. The van der Waals surface area contributed by atoms with E-state index in [4.69, 9.17) is 5.11 Å². The number of pyridine rings is 1. The Kier molecular flexibility index (Phi) is 3.99. The minimum atomic E-state index is -0.847. The second-order valence-corrected chi connectivity index (χ2v) is 4.72. The van der Waals surface area contributed by atoms with Crippen molar-refractivity contribution in [2.75, 3.05) is 5.32 Å². The normalized spacial score (nSPS) is 21.9. The van der Waals surface area contributed by atoms with E-state index in [-0.39, 0.29) is 12.1 Å². The van der Waals surface area contributed by atoms with Crippen molar-refractivity contribution >= 4 is 17.7 Å². The Bertz CT molecular complexity index is 490. The number of carbonyl (C=O) groups is 2. The van der Waals surface area contributed by atoms with Crippen molar-refractivity contribution in [3.8, 4) is 0 Å². The quantitative estimate of drug-likeness (QED) is 0.775. The molecule has 0 bridgehead atoms. The Labute approximate surface area is 111 Å². The Balaban J connectivity index is 1.95. The topological polar surface area (TPSA) is 91.3 Å². The number of carbonyl (C=O) groups excluding carboxylic acids is 1. The number of amides is 2. The molecule has 1 aromatic rings. The van der Waals surface area contributed by atoms with Crippen LogP contribution in [0.3, 0.4) is 0 Å². The van der Waals surface area contributed by atoms with Crippen molar-refractivity contribution in [2.24, 2.45) is 5.92 Å². The molecule has 19 heavy (non-hydrogen) atoms. The summed E-state index contributed by atoms with van der Waals surface area (Å²) in [7, 11) is 0. The molecule has 1 aromatic heterocycles. The molecule has 1 saturated carbocycles. The number of anilines is 1. The standard InChI is InChI=1S/C13H17N3O3/c1-8-10(6-3-7-14-8)15-13(19)16-11-5-2-4-9(11)12(17)18/h3,6-7,9,11H,2,4-5H2,1H3,(H,17,18)(H2,15,16,19). The SMILES string of the molecule is Cc1ncccc1NC(=O)NC1CCCC1C(=O)O. The lowest BCUT2D eigenvalue weighted by Gasteiger charge is -2.18. The molecule has 1 aliphatic carbocycles. The van der Waals surface area contributed by atoms with Crippen molar-refractivity contribution < 1.29 is 14.7 Å². The number of aromatic nitrogens is 1. The fraction of sp³-hybridized carbons (Fsp3) is 0.462. The first kappa shape index (κ1) is 13.3. The van der Waals surface area contributed by atoms with Gasteiger partial charge in [-0.1, -0.05) is 6.42 Å². The third kappa shape index (κ3) is 3.21. The van der Waals surface area contributed by atoms with Crippen LogP contribution in [0.15, 0.2) is 18.3 Å². The zero-order valence-corrected chi connectivity index (χ0v) is 10.7. The molecule has 2 amide bonds. The highest BCUT2D eigenvalue weighted by Gasteiger charge is 2.33. The second kappa shape index (κ2) is 5.69. The summed E-state index contributed by atoms with van der Waals surface area (Å²) in [4.78, 5) is 26.9. The molecular weight excluding hydrogens is 246 g/mol. The van der Waals surface area contributed by atoms with Gasteiger partial charge in [-0.3, -0.25) is 9.78 Å². The van der Waals surface area contributed by atoms with E-state index >= 15 is 0 Å². The summed E-state index contributed by atoms with van der Waals surface area (Å²) in [6.45, 7) is 1.80. The molecule has 0 radical (unpaired) electrons. The van der Waals surface area contributed by atoms with Crippen LogP contribution in [0, 0.1) is 12.8 Å². The molecule has 0 aromatic carbocycles. The molecule has 3 N–H and O–H groups in total. The minimum Gasteiger partial charge on any atom is -0.481 e. The number of aliphatic carboxylic acids is 1. The van der Waals surface area contributed by atoms with Crippen LogP contribution in [0.25, 0.3) is 0 Å². The molecule has 0 saturated heterocycles. The Morgan fingerprint density at radius 2 is 2.21 bits per heavy atom. The van der Waals surface area contributed by atoms with Crippen LogP contribution in [0.5, 0.6) is 0 Å². The highest BCUT2D eigenvalue weighted by Crippen LogP contribution is 2.25. The molecule has 6 nitrogen and oxygen atoms in total. The van der Waals surface area contributed by atoms with E-state index in [9.17, 15) is 9.59 Å². The number of carboxylic acids is 1. The Morgan fingerprint density at radius 3 is 2.89 bits per heavy atom. The van der Waals surface area contributed by atoms with Gasteiger partial charge in [-0.05, 0) is 31.9 Å². The average Bonchev–Trinajstić information content (AvgIpc) is 2.80. The third-order valence-corrected chi connectivity index (χ3v) is 3.40. The molecule has 1 aliphatic rings. The highest BCUT2D eigenvalue weighted by atomic mass is 16.4. The summed E-state index contributed by atoms with van der Waals surface area (Å²) in [6.07, 6.45) is 3.80. The molecule has 0 spiro atoms. The average molecular weight is 263 g/mol. The van der Waals surface area contributed by atoms with Crippen molar-refractivity contribution in [2.45, 2.75) is 32.2 Å². The maximum atomic E-state index is 11.8. The van der Waals surface area contributed by atoms with Crippen LogP contribution >= 0.6 is 0 Å². The molecule has 1 fully saturated rings. The number of carboxylic acid groups (broad SMARTS) is 1. The van der Waals surface area contributed by atoms with Crippen molar-refractivity contribution in [3.63, 3.8) is 0 Å². The van der Waals surface area contributed by atoms with Gasteiger partial charge >= 0.3 is 12.0 Å². The van der Waals surface area contributed by atoms with Gasteiger partial charge in [0.2, 0.25) is 0 Å².